The molecule has 1 amide bonds. The fourth-order valence-corrected chi connectivity index (χ4v) is 3.54. The van der Waals surface area contributed by atoms with Gasteiger partial charge in [-0.15, -0.1) is 0 Å². The van der Waals surface area contributed by atoms with Crippen molar-refractivity contribution >= 4 is 11.9 Å². The van der Waals surface area contributed by atoms with Crippen LogP contribution in [0, 0.1) is 5.92 Å². The molecule has 7 nitrogen and oxygen atoms in total. The smallest absolute Gasteiger partial charge is 0.249 e. The topological polar surface area (TPSA) is 80.2 Å². The molecule has 4 rings (SSSR count). The predicted molar refractivity (Wildman–Crippen MR) is 91.7 cm³/mol. The van der Waals surface area contributed by atoms with Crippen LogP contribution >= 0.6 is 0 Å². The molecule has 2 aliphatic rings. The highest BCUT2D eigenvalue weighted by atomic mass is 16.5. The molecule has 2 fully saturated rings. The van der Waals surface area contributed by atoms with Gasteiger partial charge in [0.05, 0.1) is 6.10 Å². The summed E-state index contributed by atoms with van der Waals surface area (Å²) in [7, 11) is 0. The Morgan fingerprint density at radius 3 is 2.96 bits per heavy atom. The molecule has 2 aliphatic heterocycles. The molecule has 1 N–H and O–H groups in total. The zero-order chi connectivity index (χ0) is 17.1. The molecule has 25 heavy (non-hydrogen) atoms. The van der Waals surface area contributed by atoms with Gasteiger partial charge in [-0.1, -0.05) is 6.07 Å². The van der Waals surface area contributed by atoms with E-state index in [1.54, 1.807) is 24.8 Å². The molecule has 2 saturated heterocycles. The minimum atomic E-state index is -0.372. The van der Waals surface area contributed by atoms with Gasteiger partial charge in [0, 0.05) is 44.4 Å². The first-order valence-electron chi connectivity index (χ1n) is 8.63. The molecule has 0 saturated carbocycles. The third-order valence-corrected chi connectivity index (χ3v) is 4.87. The van der Waals surface area contributed by atoms with Crippen LogP contribution in [-0.2, 0) is 16.1 Å². The molecule has 0 spiro atoms. The number of ether oxygens (including phenoxy) is 1. The van der Waals surface area contributed by atoms with E-state index in [0.29, 0.717) is 12.5 Å². The Kier molecular flexibility index (Phi) is 4.56. The molecule has 130 valence electrons. The third kappa shape index (κ3) is 3.61. The second-order valence-electron chi connectivity index (χ2n) is 6.52. The number of carbonyl (C=O) groups is 1. The number of fused-ring (bicyclic) bond motifs is 1. The van der Waals surface area contributed by atoms with Crippen molar-refractivity contribution in [2.45, 2.75) is 31.6 Å². The minimum absolute atomic E-state index is 0.0410. The summed E-state index contributed by atoms with van der Waals surface area (Å²) in [5, 5.41) is 2.95. The van der Waals surface area contributed by atoms with Crippen LogP contribution in [0.5, 0.6) is 0 Å². The van der Waals surface area contributed by atoms with E-state index in [4.69, 9.17) is 4.74 Å². The zero-order valence-corrected chi connectivity index (χ0v) is 13.9. The molecule has 3 atom stereocenters. The van der Waals surface area contributed by atoms with Gasteiger partial charge in [-0.3, -0.25) is 9.78 Å². The van der Waals surface area contributed by atoms with Crippen LogP contribution in [0.4, 0.5) is 5.95 Å². The molecular formula is C18H21N5O2. The number of carbonyl (C=O) groups excluding carboxylic acids is 1. The molecule has 0 unspecified atom stereocenters. The van der Waals surface area contributed by atoms with Gasteiger partial charge in [0.1, 0.15) is 6.10 Å². The Balaban J connectivity index is 1.32. The number of hydrogen-bond donors (Lipinski definition) is 1. The highest BCUT2D eigenvalue weighted by Gasteiger charge is 2.42. The number of aromatic nitrogens is 3. The van der Waals surface area contributed by atoms with Crippen molar-refractivity contribution in [3.63, 3.8) is 0 Å². The van der Waals surface area contributed by atoms with Gasteiger partial charge in [-0.2, -0.15) is 0 Å². The van der Waals surface area contributed by atoms with Crippen LogP contribution in [0.25, 0.3) is 0 Å². The molecule has 2 aromatic rings. The largest absolute Gasteiger partial charge is 0.363 e. The Bertz CT molecular complexity index is 712. The fraction of sp³-hybridized carbons (Fsp3) is 0.444. The SMILES string of the molecule is O=C(NCc1cccnc1)[C@H]1C[C@@H]2CCN(c3ncccn3)C[C@@H]2O1. The lowest BCUT2D eigenvalue weighted by molar-refractivity contribution is -0.132. The van der Waals surface area contributed by atoms with Crippen molar-refractivity contribution in [2.75, 3.05) is 18.0 Å². The Morgan fingerprint density at radius 2 is 2.16 bits per heavy atom. The maximum Gasteiger partial charge on any atom is 0.249 e. The zero-order valence-electron chi connectivity index (χ0n) is 13.9. The molecular weight excluding hydrogens is 318 g/mol. The lowest BCUT2D eigenvalue weighted by Crippen LogP contribution is -2.43. The molecule has 0 bridgehead atoms. The second kappa shape index (κ2) is 7.14. The van der Waals surface area contributed by atoms with Gasteiger partial charge < -0.3 is 15.0 Å². The van der Waals surface area contributed by atoms with E-state index in [9.17, 15) is 4.79 Å². The summed E-state index contributed by atoms with van der Waals surface area (Å²) in [5.41, 5.74) is 0.985. The summed E-state index contributed by atoms with van der Waals surface area (Å²) >= 11 is 0. The standard InChI is InChI=1S/C18H21N5O2/c24-17(22-11-13-3-1-5-19-10-13)15-9-14-4-8-23(12-16(14)25-15)18-20-6-2-7-21-18/h1-3,5-7,10,14-16H,4,8-9,11-12H2,(H,22,24)/t14-,15+,16-/m0/s1. The maximum atomic E-state index is 12.4. The first-order chi connectivity index (χ1) is 12.3. The van der Waals surface area contributed by atoms with Gasteiger partial charge >= 0.3 is 0 Å². The molecule has 0 radical (unpaired) electrons. The second-order valence-corrected chi connectivity index (χ2v) is 6.52. The summed E-state index contributed by atoms with van der Waals surface area (Å²) in [4.78, 5) is 27.2. The van der Waals surface area contributed by atoms with E-state index < -0.39 is 0 Å². The van der Waals surface area contributed by atoms with Crippen molar-refractivity contribution in [3.8, 4) is 0 Å². The number of nitrogens with one attached hydrogen (secondary N) is 1. The van der Waals surface area contributed by atoms with E-state index in [1.165, 1.54) is 0 Å². The van der Waals surface area contributed by atoms with Crippen LogP contribution in [0.3, 0.4) is 0 Å². The van der Waals surface area contributed by atoms with Crippen LogP contribution in [0.15, 0.2) is 43.0 Å². The fourth-order valence-electron chi connectivity index (χ4n) is 3.54. The van der Waals surface area contributed by atoms with Gasteiger partial charge in [0.2, 0.25) is 11.9 Å². The molecule has 4 heterocycles. The quantitative estimate of drug-likeness (QED) is 0.901. The van der Waals surface area contributed by atoms with Gasteiger partial charge in [-0.25, -0.2) is 9.97 Å². The Morgan fingerprint density at radius 1 is 1.28 bits per heavy atom. The van der Waals surface area contributed by atoms with Gasteiger partial charge in [0.15, 0.2) is 0 Å². The van der Waals surface area contributed by atoms with Gasteiger partial charge in [-0.05, 0) is 36.5 Å². The Labute approximate surface area is 146 Å². The summed E-state index contributed by atoms with van der Waals surface area (Å²) in [6.07, 6.45) is 8.44. The van der Waals surface area contributed by atoms with Crippen LogP contribution < -0.4 is 10.2 Å². The number of rotatable bonds is 4. The number of pyridine rings is 1. The summed E-state index contributed by atoms with van der Waals surface area (Å²) < 4.78 is 6.04. The first-order valence-corrected chi connectivity index (χ1v) is 8.63. The van der Waals surface area contributed by atoms with Crippen molar-refractivity contribution in [2.24, 2.45) is 5.92 Å². The first kappa shape index (κ1) is 16.0. The summed E-state index contributed by atoms with van der Waals surface area (Å²) in [5.74, 6) is 1.11. The highest BCUT2D eigenvalue weighted by Crippen LogP contribution is 2.34. The monoisotopic (exact) mass is 339 g/mol. The van der Waals surface area contributed by atoms with Crippen molar-refractivity contribution < 1.29 is 9.53 Å². The highest BCUT2D eigenvalue weighted by molar-refractivity contribution is 5.81. The van der Waals surface area contributed by atoms with Crippen molar-refractivity contribution in [1.82, 2.24) is 20.3 Å². The van der Waals surface area contributed by atoms with Crippen molar-refractivity contribution in [1.29, 1.82) is 0 Å². The number of amides is 1. The third-order valence-electron chi connectivity index (χ3n) is 4.87. The van der Waals surface area contributed by atoms with E-state index in [0.717, 1.165) is 37.4 Å². The lowest BCUT2D eigenvalue weighted by atomic mass is 9.92. The van der Waals surface area contributed by atoms with Crippen LogP contribution in [0.1, 0.15) is 18.4 Å². The summed E-state index contributed by atoms with van der Waals surface area (Å²) in [6.45, 7) is 2.12. The lowest BCUT2D eigenvalue weighted by Gasteiger charge is -2.33. The molecule has 2 aromatic heterocycles. The number of nitrogens with zero attached hydrogens (tertiary/aromatic N) is 4. The number of piperidine rings is 1. The number of anilines is 1. The predicted octanol–water partition coefficient (Wildman–Crippen LogP) is 1.17. The van der Waals surface area contributed by atoms with Crippen LogP contribution in [-0.4, -0.2) is 46.2 Å². The molecule has 0 aromatic carbocycles. The van der Waals surface area contributed by atoms with Crippen LogP contribution in [0.2, 0.25) is 0 Å². The van der Waals surface area contributed by atoms with E-state index in [2.05, 4.69) is 25.2 Å². The van der Waals surface area contributed by atoms with E-state index in [1.807, 2.05) is 18.2 Å². The maximum absolute atomic E-state index is 12.4. The summed E-state index contributed by atoms with van der Waals surface area (Å²) in [6, 6.07) is 5.62. The molecule has 0 aliphatic carbocycles. The average molecular weight is 339 g/mol. The number of hydrogen-bond acceptors (Lipinski definition) is 6. The Hall–Kier alpha value is -2.54. The normalized spacial score (nSPS) is 25.4. The van der Waals surface area contributed by atoms with Crippen molar-refractivity contribution in [3.05, 3.63) is 48.5 Å². The van der Waals surface area contributed by atoms with E-state index in [-0.39, 0.29) is 18.1 Å². The van der Waals surface area contributed by atoms with E-state index >= 15 is 0 Å². The average Bonchev–Trinajstić information content (AvgIpc) is 3.11. The van der Waals surface area contributed by atoms with Gasteiger partial charge in [0.25, 0.3) is 0 Å². The molecule has 7 heteroatoms. The minimum Gasteiger partial charge on any atom is -0.363 e.